The molecule has 1 heterocycles. The quantitative estimate of drug-likeness (QED) is 0.814. The molecule has 0 unspecified atom stereocenters. The summed E-state index contributed by atoms with van der Waals surface area (Å²) in [4.78, 5) is 4.02. The molecule has 18 heavy (non-hydrogen) atoms. The second-order valence-electron chi connectivity index (χ2n) is 3.79. The van der Waals surface area contributed by atoms with Gasteiger partial charge < -0.3 is 15.8 Å². The van der Waals surface area contributed by atoms with E-state index < -0.39 is 0 Å². The standard InChI is InChI=1S/C13H14FN3O/c1-18-13-6-9(4-5-16-13)8-17-12-3-2-10(14)7-11(12)15/h2-7,17H,8,15H2,1H3. The maximum absolute atomic E-state index is 12.9. The van der Waals surface area contributed by atoms with Crippen molar-refractivity contribution in [1.29, 1.82) is 0 Å². The lowest BCUT2D eigenvalue weighted by atomic mass is 10.2. The molecule has 0 radical (unpaired) electrons. The second-order valence-corrected chi connectivity index (χ2v) is 3.79. The molecule has 1 aromatic heterocycles. The third-order valence-electron chi connectivity index (χ3n) is 2.50. The number of nitrogens with two attached hydrogens (primary N) is 1. The SMILES string of the molecule is COc1cc(CNc2ccc(F)cc2N)ccn1. The number of aromatic nitrogens is 1. The molecule has 0 aliphatic heterocycles. The third kappa shape index (κ3) is 2.88. The maximum Gasteiger partial charge on any atom is 0.213 e. The summed E-state index contributed by atoms with van der Waals surface area (Å²) in [6.45, 7) is 0.564. The van der Waals surface area contributed by atoms with Crippen LogP contribution in [0.1, 0.15) is 5.56 Å². The molecule has 1 aromatic carbocycles. The van der Waals surface area contributed by atoms with Crippen LogP contribution in [0.5, 0.6) is 5.88 Å². The first-order valence-electron chi connectivity index (χ1n) is 5.47. The summed E-state index contributed by atoms with van der Waals surface area (Å²) >= 11 is 0. The van der Waals surface area contributed by atoms with Crippen molar-refractivity contribution in [2.45, 2.75) is 6.54 Å². The Morgan fingerprint density at radius 2 is 2.17 bits per heavy atom. The van der Waals surface area contributed by atoms with Crippen LogP contribution in [0, 0.1) is 5.82 Å². The summed E-state index contributed by atoms with van der Waals surface area (Å²) in [6.07, 6.45) is 1.67. The molecule has 0 fully saturated rings. The normalized spacial score (nSPS) is 10.1. The summed E-state index contributed by atoms with van der Waals surface area (Å²) in [5.74, 6) is 0.213. The van der Waals surface area contributed by atoms with E-state index in [0.29, 0.717) is 23.8 Å². The Morgan fingerprint density at radius 1 is 1.33 bits per heavy atom. The van der Waals surface area contributed by atoms with Crippen LogP contribution < -0.4 is 15.8 Å². The van der Waals surface area contributed by atoms with Crippen molar-refractivity contribution in [3.8, 4) is 5.88 Å². The number of nitrogen functional groups attached to an aromatic ring is 1. The van der Waals surface area contributed by atoms with Crippen LogP contribution in [0.3, 0.4) is 0 Å². The number of methoxy groups -OCH3 is 1. The fourth-order valence-electron chi connectivity index (χ4n) is 1.56. The van der Waals surface area contributed by atoms with Gasteiger partial charge in [-0.15, -0.1) is 0 Å². The van der Waals surface area contributed by atoms with E-state index in [2.05, 4.69) is 10.3 Å². The van der Waals surface area contributed by atoms with Crippen LogP contribution in [0.25, 0.3) is 0 Å². The number of pyridine rings is 1. The van der Waals surface area contributed by atoms with Crippen LogP contribution >= 0.6 is 0 Å². The fraction of sp³-hybridized carbons (Fsp3) is 0.154. The molecule has 0 saturated carbocycles. The number of nitrogens with one attached hydrogen (secondary N) is 1. The van der Waals surface area contributed by atoms with E-state index >= 15 is 0 Å². The Labute approximate surface area is 105 Å². The Kier molecular flexibility index (Phi) is 3.62. The van der Waals surface area contributed by atoms with Gasteiger partial charge in [-0.1, -0.05) is 0 Å². The smallest absolute Gasteiger partial charge is 0.213 e. The number of nitrogens with zero attached hydrogens (tertiary/aromatic N) is 1. The van der Waals surface area contributed by atoms with Gasteiger partial charge in [0.25, 0.3) is 0 Å². The fourth-order valence-corrected chi connectivity index (χ4v) is 1.56. The molecule has 0 atom stereocenters. The minimum atomic E-state index is -0.344. The van der Waals surface area contributed by atoms with Crippen molar-refractivity contribution in [2.75, 3.05) is 18.2 Å². The maximum atomic E-state index is 12.9. The molecule has 94 valence electrons. The molecule has 0 amide bonds. The van der Waals surface area contributed by atoms with Gasteiger partial charge in [-0.3, -0.25) is 0 Å². The van der Waals surface area contributed by atoms with Gasteiger partial charge in [0.1, 0.15) is 5.82 Å². The van der Waals surface area contributed by atoms with Gasteiger partial charge in [0.15, 0.2) is 0 Å². The highest BCUT2D eigenvalue weighted by atomic mass is 19.1. The lowest BCUT2D eigenvalue weighted by Gasteiger charge is -2.09. The first-order valence-corrected chi connectivity index (χ1v) is 5.47. The molecular weight excluding hydrogens is 233 g/mol. The van der Waals surface area contributed by atoms with Crippen LogP contribution in [0.15, 0.2) is 36.5 Å². The number of anilines is 2. The highest BCUT2D eigenvalue weighted by molar-refractivity contribution is 5.65. The number of ether oxygens (including phenoxy) is 1. The summed E-state index contributed by atoms with van der Waals surface area (Å²) in [5.41, 5.74) is 7.79. The first-order chi connectivity index (χ1) is 8.69. The van der Waals surface area contributed by atoms with E-state index in [1.54, 1.807) is 19.4 Å². The number of halogens is 1. The van der Waals surface area contributed by atoms with Gasteiger partial charge >= 0.3 is 0 Å². The summed E-state index contributed by atoms with van der Waals surface area (Å²) in [5, 5.41) is 3.13. The zero-order valence-corrected chi connectivity index (χ0v) is 9.98. The number of hydrogen-bond acceptors (Lipinski definition) is 4. The molecule has 2 rings (SSSR count). The van der Waals surface area contributed by atoms with Crippen molar-refractivity contribution in [3.05, 3.63) is 47.9 Å². The molecular formula is C13H14FN3O. The summed E-state index contributed by atoms with van der Waals surface area (Å²) < 4.78 is 17.9. The third-order valence-corrected chi connectivity index (χ3v) is 2.50. The molecule has 0 aliphatic carbocycles. The van der Waals surface area contributed by atoms with Crippen LogP contribution in [-0.2, 0) is 6.54 Å². The first kappa shape index (κ1) is 12.2. The van der Waals surface area contributed by atoms with Gasteiger partial charge in [0, 0.05) is 18.8 Å². The highest BCUT2D eigenvalue weighted by Gasteiger charge is 2.01. The Morgan fingerprint density at radius 3 is 2.89 bits per heavy atom. The Bertz CT molecular complexity index is 546. The van der Waals surface area contributed by atoms with Gasteiger partial charge in [-0.2, -0.15) is 0 Å². The molecule has 0 bridgehead atoms. The zero-order valence-electron chi connectivity index (χ0n) is 9.98. The summed E-state index contributed by atoms with van der Waals surface area (Å²) in [6, 6.07) is 7.96. The molecule has 4 nitrogen and oxygen atoms in total. The average molecular weight is 247 g/mol. The van der Waals surface area contributed by atoms with E-state index in [0.717, 1.165) is 5.56 Å². The molecule has 3 N–H and O–H groups in total. The van der Waals surface area contributed by atoms with Gasteiger partial charge in [-0.25, -0.2) is 9.37 Å². The lowest BCUT2D eigenvalue weighted by molar-refractivity contribution is 0.397. The summed E-state index contributed by atoms with van der Waals surface area (Å²) in [7, 11) is 1.57. The van der Waals surface area contributed by atoms with E-state index in [-0.39, 0.29) is 5.82 Å². The monoisotopic (exact) mass is 247 g/mol. The van der Waals surface area contributed by atoms with E-state index in [1.165, 1.54) is 12.1 Å². The van der Waals surface area contributed by atoms with E-state index in [4.69, 9.17) is 10.5 Å². The average Bonchev–Trinajstić information content (AvgIpc) is 2.38. The predicted octanol–water partition coefficient (Wildman–Crippen LogP) is 2.42. The van der Waals surface area contributed by atoms with E-state index in [9.17, 15) is 4.39 Å². The second kappa shape index (κ2) is 5.35. The highest BCUT2D eigenvalue weighted by Crippen LogP contribution is 2.20. The topological polar surface area (TPSA) is 60.2 Å². The number of benzene rings is 1. The molecule has 0 aliphatic rings. The Balaban J connectivity index is 2.06. The van der Waals surface area contributed by atoms with Crippen molar-refractivity contribution >= 4 is 11.4 Å². The van der Waals surface area contributed by atoms with Gasteiger partial charge in [-0.05, 0) is 29.8 Å². The minimum Gasteiger partial charge on any atom is -0.481 e. The van der Waals surface area contributed by atoms with Crippen molar-refractivity contribution in [2.24, 2.45) is 0 Å². The number of rotatable bonds is 4. The Hall–Kier alpha value is -2.30. The molecule has 0 saturated heterocycles. The predicted molar refractivity (Wildman–Crippen MR) is 68.9 cm³/mol. The minimum absolute atomic E-state index is 0.344. The lowest BCUT2D eigenvalue weighted by Crippen LogP contribution is -2.03. The van der Waals surface area contributed by atoms with Crippen molar-refractivity contribution < 1.29 is 9.13 Å². The van der Waals surface area contributed by atoms with Crippen LogP contribution in [-0.4, -0.2) is 12.1 Å². The van der Waals surface area contributed by atoms with Crippen molar-refractivity contribution in [1.82, 2.24) is 4.98 Å². The van der Waals surface area contributed by atoms with Crippen LogP contribution in [0.4, 0.5) is 15.8 Å². The van der Waals surface area contributed by atoms with Crippen LogP contribution in [0.2, 0.25) is 0 Å². The van der Waals surface area contributed by atoms with E-state index in [1.807, 2.05) is 12.1 Å². The van der Waals surface area contributed by atoms with Gasteiger partial charge in [0.05, 0.1) is 18.5 Å². The number of hydrogen-bond donors (Lipinski definition) is 2. The van der Waals surface area contributed by atoms with Gasteiger partial charge in [0.2, 0.25) is 5.88 Å². The van der Waals surface area contributed by atoms with Crippen molar-refractivity contribution in [3.63, 3.8) is 0 Å². The molecule has 2 aromatic rings. The zero-order chi connectivity index (χ0) is 13.0. The largest absolute Gasteiger partial charge is 0.481 e. The molecule has 0 spiro atoms. The molecule has 5 heteroatoms.